The van der Waals surface area contributed by atoms with Crippen LogP contribution in [0.2, 0.25) is 5.02 Å². The van der Waals surface area contributed by atoms with E-state index in [9.17, 15) is 0 Å². The fraction of sp³-hybridized carbons (Fsp3) is 0.600. The van der Waals surface area contributed by atoms with Crippen LogP contribution in [0, 0.1) is 5.92 Å². The summed E-state index contributed by atoms with van der Waals surface area (Å²) in [5, 5.41) is 0.929. The van der Waals surface area contributed by atoms with E-state index in [1.807, 2.05) is 6.07 Å². The molecule has 4 heteroatoms. The Balaban J connectivity index is 1.98. The number of alkyl halides is 1. The van der Waals surface area contributed by atoms with Gasteiger partial charge in [0.15, 0.2) is 0 Å². The Bertz CT molecular complexity index is 300. The van der Waals surface area contributed by atoms with Gasteiger partial charge in [0, 0.05) is 4.88 Å². The predicted molar refractivity (Wildman–Crippen MR) is 67.6 cm³/mol. The minimum absolute atomic E-state index is 0.147. The van der Waals surface area contributed by atoms with Gasteiger partial charge >= 0.3 is 0 Å². The molecule has 0 bridgehead atoms. The summed E-state index contributed by atoms with van der Waals surface area (Å²) in [6.07, 6.45) is 5.18. The molecule has 1 aromatic rings. The standard InChI is InChI=1S/C10H11BrCl2S/c11-10-8(13)5-9(14-10)7(12)4-6-2-1-3-6/h5-7H,1-4H2. The molecular weight excluding hydrogens is 303 g/mol. The summed E-state index contributed by atoms with van der Waals surface area (Å²) in [5.74, 6) is 0.845. The Hall–Kier alpha value is 0.760. The van der Waals surface area contributed by atoms with Gasteiger partial charge in [-0.25, -0.2) is 0 Å². The average molecular weight is 314 g/mol. The van der Waals surface area contributed by atoms with Crippen molar-refractivity contribution in [3.05, 3.63) is 19.8 Å². The number of thiophene rings is 1. The van der Waals surface area contributed by atoms with Gasteiger partial charge in [0.2, 0.25) is 0 Å². The maximum absolute atomic E-state index is 6.33. The summed E-state index contributed by atoms with van der Waals surface area (Å²) < 4.78 is 0.994. The summed E-state index contributed by atoms with van der Waals surface area (Å²) in [5.41, 5.74) is 0. The van der Waals surface area contributed by atoms with Crippen molar-refractivity contribution in [2.24, 2.45) is 5.92 Å². The van der Waals surface area contributed by atoms with E-state index in [-0.39, 0.29) is 5.38 Å². The highest BCUT2D eigenvalue weighted by molar-refractivity contribution is 9.11. The van der Waals surface area contributed by atoms with Crippen LogP contribution in [0.3, 0.4) is 0 Å². The Kier molecular flexibility index (Phi) is 3.80. The first kappa shape index (κ1) is 11.3. The van der Waals surface area contributed by atoms with Gasteiger partial charge in [-0.15, -0.1) is 22.9 Å². The van der Waals surface area contributed by atoms with E-state index in [0.29, 0.717) is 0 Å². The van der Waals surface area contributed by atoms with Crippen LogP contribution in [-0.2, 0) is 0 Å². The van der Waals surface area contributed by atoms with E-state index < -0.39 is 0 Å². The smallest absolute Gasteiger partial charge is 0.0887 e. The number of halogens is 3. The molecule has 0 spiro atoms. The van der Waals surface area contributed by atoms with Gasteiger partial charge < -0.3 is 0 Å². The van der Waals surface area contributed by atoms with Gasteiger partial charge in [0.25, 0.3) is 0 Å². The summed E-state index contributed by atoms with van der Waals surface area (Å²) in [6.45, 7) is 0. The highest BCUT2D eigenvalue weighted by atomic mass is 79.9. The zero-order valence-corrected chi connectivity index (χ0v) is 11.5. The maximum Gasteiger partial charge on any atom is 0.0887 e. The fourth-order valence-electron chi connectivity index (χ4n) is 1.65. The fourth-order valence-corrected chi connectivity index (χ4v) is 3.84. The van der Waals surface area contributed by atoms with Crippen LogP contribution in [-0.4, -0.2) is 0 Å². The predicted octanol–water partition coefficient (Wildman–Crippen LogP) is 5.63. The second kappa shape index (κ2) is 4.73. The molecule has 2 rings (SSSR count). The minimum atomic E-state index is 0.147. The van der Waals surface area contributed by atoms with E-state index >= 15 is 0 Å². The number of hydrogen-bond acceptors (Lipinski definition) is 1. The molecule has 1 aromatic heterocycles. The lowest BCUT2D eigenvalue weighted by Gasteiger charge is -2.26. The van der Waals surface area contributed by atoms with E-state index in [1.165, 1.54) is 24.1 Å². The van der Waals surface area contributed by atoms with E-state index in [1.54, 1.807) is 11.3 Å². The molecule has 0 aromatic carbocycles. The van der Waals surface area contributed by atoms with Crippen LogP contribution in [0.1, 0.15) is 35.9 Å². The van der Waals surface area contributed by atoms with Crippen molar-refractivity contribution < 1.29 is 0 Å². The summed E-state index contributed by atoms with van der Waals surface area (Å²) in [6, 6.07) is 1.98. The maximum atomic E-state index is 6.33. The molecule has 0 saturated heterocycles. The second-order valence-electron chi connectivity index (χ2n) is 3.77. The Labute approximate surface area is 107 Å². The third kappa shape index (κ3) is 2.46. The molecule has 1 unspecified atom stereocenters. The quantitative estimate of drug-likeness (QED) is 0.634. The summed E-state index contributed by atoms with van der Waals surface area (Å²) in [4.78, 5) is 1.19. The van der Waals surface area contributed by atoms with E-state index in [0.717, 1.165) is 21.1 Å². The van der Waals surface area contributed by atoms with Crippen LogP contribution in [0.15, 0.2) is 9.85 Å². The molecule has 1 aliphatic carbocycles. The van der Waals surface area contributed by atoms with Crippen LogP contribution in [0.25, 0.3) is 0 Å². The van der Waals surface area contributed by atoms with E-state index in [2.05, 4.69) is 15.9 Å². The zero-order valence-electron chi connectivity index (χ0n) is 7.60. The molecule has 0 N–H and O–H groups in total. The van der Waals surface area contributed by atoms with Crippen LogP contribution < -0.4 is 0 Å². The monoisotopic (exact) mass is 312 g/mol. The topological polar surface area (TPSA) is 0 Å². The van der Waals surface area contributed by atoms with Gasteiger partial charge in [-0.05, 0) is 34.3 Å². The summed E-state index contributed by atoms with van der Waals surface area (Å²) >= 11 is 17.4. The zero-order chi connectivity index (χ0) is 10.1. The lowest BCUT2D eigenvalue weighted by molar-refractivity contribution is 0.294. The first-order valence-corrected chi connectivity index (χ1v) is 7.18. The number of rotatable bonds is 3. The molecule has 0 amide bonds. The molecule has 0 nitrogen and oxygen atoms in total. The Morgan fingerprint density at radius 1 is 1.57 bits per heavy atom. The first-order valence-electron chi connectivity index (χ1n) is 4.75. The van der Waals surface area contributed by atoms with Crippen molar-refractivity contribution in [2.45, 2.75) is 31.1 Å². The largest absolute Gasteiger partial charge is 0.130 e. The normalized spacial score (nSPS) is 19.4. The van der Waals surface area contributed by atoms with Crippen LogP contribution >= 0.6 is 50.5 Å². The molecule has 1 aliphatic rings. The minimum Gasteiger partial charge on any atom is -0.130 e. The molecule has 0 radical (unpaired) electrons. The highest BCUT2D eigenvalue weighted by Crippen LogP contribution is 2.42. The third-order valence-corrected chi connectivity index (χ3v) is 5.87. The molecular formula is C10H11BrCl2S. The van der Waals surface area contributed by atoms with Gasteiger partial charge in [-0.2, -0.15) is 0 Å². The van der Waals surface area contributed by atoms with Crippen molar-refractivity contribution in [1.82, 2.24) is 0 Å². The highest BCUT2D eigenvalue weighted by Gasteiger charge is 2.23. The van der Waals surface area contributed by atoms with Crippen molar-refractivity contribution in [1.29, 1.82) is 0 Å². The Morgan fingerprint density at radius 3 is 2.71 bits per heavy atom. The molecule has 1 heterocycles. The molecule has 1 fully saturated rings. The third-order valence-electron chi connectivity index (χ3n) is 2.74. The van der Waals surface area contributed by atoms with E-state index in [4.69, 9.17) is 23.2 Å². The van der Waals surface area contributed by atoms with Crippen molar-refractivity contribution in [3.63, 3.8) is 0 Å². The second-order valence-corrected chi connectivity index (χ2v) is 7.11. The van der Waals surface area contributed by atoms with Gasteiger partial charge in [-0.1, -0.05) is 30.9 Å². The average Bonchev–Trinajstić information content (AvgIpc) is 2.40. The summed E-state index contributed by atoms with van der Waals surface area (Å²) in [7, 11) is 0. The lowest BCUT2D eigenvalue weighted by Crippen LogP contribution is -2.12. The van der Waals surface area contributed by atoms with Crippen LogP contribution in [0.4, 0.5) is 0 Å². The molecule has 14 heavy (non-hydrogen) atoms. The lowest BCUT2D eigenvalue weighted by atomic mass is 9.82. The van der Waals surface area contributed by atoms with Gasteiger partial charge in [-0.3, -0.25) is 0 Å². The van der Waals surface area contributed by atoms with Crippen molar-refractivity contribution in [2.75, 3.05) is 0 Å². The SMILES string of the molecule is Clc1cc(C(Cl)CC2CCC2)sc1Br. The molecule has 1 saturated carbocycles. The first-order chi connectivity index (χ1) is 6.66. The molecule has 1 atom stereocenters. The van der Waals surface area contributed by atoms with Crippen LogP contribution in [0.5, 0.6) is 0 Å². The number of hydrogen-bond donors (Lipinski definition) is 0. The van der Waals surface area contributed by atoms with Crippen molar-refractivity contribution in [3.8, 4) is 0 Å². The van der Waals surface area contributed by atoms with Gasteiger partial charge in [0.05, 0.1) is 14.2 Å². The Morgan fingerprint density at radius 2 is 2.29 bits per heavy atom. The van der Waals surface area contributed by atoms with Gasteiger partial charge in [0.1, 0.15) is 0 Å². The molecule has 0 aliphatic heterocycles. The molecule has 78 valence electrons. The van der Waals surface area contributed by atoms with Crippen molar-refractivity contribution >= 4 is 50.5 Å².